The van der Waals surface area contributed by atoms with Gasteiger partial charge in [0.05, 0.1) is 22.3 Å². The average Bonchev–Trinajstić information content (AvgIpc) is 3.86. The molecule has 2 heterocycles. The van der Waals surface area contributed by atoms with Gasteiger partial charge < -0.3 is 4.42 Å². The van der Waals surface area contributed by atoms with E-state index in [1.807, 2.05) is 0 Å². The average molecular weight is 737 g/mol. The van der Waals surface area contributed by atoms with Gasteiger partial charge in [0.1, 0.15) is 17.0 Å². The van der Waals surface area contributed by atoms with Crippen LogP contribution in [0.2, 0.25) is 0 Å². The molecule has 2 aromatic heterocycles. The number of rotatable bonds is 5. The fourth-order valence-corrected chi connectivity index (χ4v) is 9.78. The standard InChI is InChI=1S/C54H44N2O/c1-31(2)42-27-36(34-24-25-39-38-16-9-10-19-46(38)54(5,6)47(39)29-34)28-43(32(3)4)51(42)56-49-21-12-11-20-48(49)55-53(56)41-18-13-17-40-45-26-35-23-22-33-14-7-8-15-37(33)44(35)30-50(45)57-52(40)41/h7-32H,1-6H3. The Balaban J connectivity index is 1.15. The Labute approximate surface area is 333 Å². The second-order valence-electron chi connectivity index (χ2n) is 17.1. The summed E-state index contributed by atoms with van der Waals surface area (Å²) in [6, 6.07) is 53.5. The molecule has 10 aromatic rings. The van der Waals surface area contributed by atoms with E-state index in [0.29, 0.717) is 0 Å². The minimum absolute atomic E-state index is 0.0630. The Morgan fingerprint density at radius 3 is 2.04 bits per heavy atom. The van der Waals surface area contributed by atoms with Crippen molar-refractivity contribution >= 4 is 54.5 Å². The van der Waals surface area contributed by atoms with Gasteiger partial charge in [-0.3, -0.25) is 4.57 Å². The summed E-state index contributed by atoms with van der Waals surface area (Å²) in [6.45, 7) is 14.0. The number of furan rings is 1. The van der Waals surface area contributed by atoms with Crippen LogP contribution in [0.1, 0.15) is 75.6 Å². The zero-order valence-corrected chi connectivity index (χ0v) is 33.3. The minimum atomic E-state index is -0.0630. The van der Waals surface area contributed by atoms with Crippen LogP contribution < -0.4 is 0 Å². The summed E-state index contributed by atoms with van der Waals surface area (Å²) in [4.78, 5) is 5.44. The molecule has 0 atom stereocenters. The summed E-state index contributed by atoms with van der Waals surface area (Å²) in [5, 5.41) is 7.09. The van der Waals surface area contributed by atoms with Gasteiger partial charge in [-0.05, 0) is 126 Å². The van der Waals surface area contributed by atoms with Crippen molar-refractivity contribution in [1.29, 1.82) is 0 Å². The van der Waals surface area contributed by atoms with Gasteiger partial charge in [0, 0.05) is 16.2 Å². The van der Waals surface area contributed by atoms with E-state index < -0.39 is 0 Å². The molecule has 8 aromatic carbocycles. The number of para-hydroxylation sites is 3. The quantitative estimate of drug-likeness (QED) is 0.165. The first-order chi connectivity index (χ1) is 27.7. The molecule has 1 aliphatic carbocycles. The maximum atomic E-state index is 6.94. The van der Waals surface area contributed by atoms with Crippen molar-refractivity contribution in [1.82, 2.24) is 9.55 Å². The smallest absolute Gasteiger partial charge is 0.149 e. The van der Waals surface area contributed by atoms with Crippen LogP contribution in [-0.2, 0) is 5.41 Å². The van der Waals surface area contributed by atoms with Gasteiger partial charge in [0.25, 0.3) is 0 Å². The highest BCUT2D eigenvalue weighted by Gasteiger charge is 2.35. The van der Waals surface area contributed by atoms with E-state index in [1.165, 1.54) is 71.7 Å². The monoisotopic (exact) mass is 736 g/mol. The molecule has 0 spiro atoms. The van der Waals surface area contributed by atoms with Gasteiger partial charge in [0.15, 0.2) is 0 Å². The van der Waals surface area contributed by atoms with Crippen LogP contribution in [0, 0.1) is 0 Å². The second kappa shape index (κ2) is 12.3. The van der Waals surface area contributed by atoms with Gasteiger partial charge >= 0.3 is 0 Å². The summed E-state index contributed by atoms with van der Waals surface area (Å²) in [7, 11) is 0. The van der Waals surface area contributed by atoms with Crippen molar-refractivity contribution < 1.29 is 4.42 Å². The summed E-state index contributed by atoms with van der Waals surface area (Å²) < 4.78 is 9.37. The third kappa shape index (κ3) is 4.94. The minimum Gasteiger partial charge on any atom is -0.455 e. The number of benzene rings is 8. The third-order valence-electron chi connectivity index (χ3n) is 12.7. The lowest BCUT2D eigenvalue weighted by atomic mass is 9.81. The van der Waals surface area contributed by atoms with Crippen molar-refractivity contribution in [2.75, 3.05) is 0 Å². The van der Waals surface area contributed by atoms with Gasteiger partial charge in [-0.2, -0.15) is 0 Å². The van der Waals surface area contributed by atoms with E-state index in [1.54, 1.807) is 0 Å². The summed E-state index contributed by atoms with van der Waals surface area (Å²) in [6.07, 6.45) is 0. The molecule has 0 radical (unpaired) electrons. The SMILES string of the molecule is CC(C)c1cc(-c2ccc3c(c2)C(C)(C)c2ccccc2-3)cc(C(C)C)c1-n1c(-c2cccc3c2oc2cc4c(ccc5ccccc54)cc23)nc2ccccc21. The summed E-state index contributed by atoms with van der Waals surface area (Å²) in [5.74, 6) is 1.40. The topological polar surface area (TPSA) is 31.0 Å². The fraction of sp³-hybridized carbons (Fsp3) is 0.167. The zero-order valence-electron chi connectivity index (χ0n) is 33.3. The van der Waals surface area contributed by atoms with Crippen LogP contribution >= 0.6 is 0 Å². The summed E-state index contributed by atoms with van der Waals surface area (Å²) >= 11 is 0. The number of hydrogen-bond donors (Lipinski definition) is 0. The molecule has 57 heavy (non-hydrogen) atoms. The van der Waals surface area contributed by atoms with Gasteiger partial charge in [0.2, 0.25) is 0 Å². The van der Waals surface area contributed by atoms with E-state index in [-0.39, 0.29) is 17.3 Å². The van der Waals surface area contributed by atoms with Crippen LogP contribution in [0.5, 0.6) is 0 Å². The lowest BCUT2D eigenvalue weighted by Gasteiger charge is -2.25. The maximum Gasteiger partial charge on any atom is 0.149 e. The third-order valence-corrected chi connectivity index (χ3v) is 12.7. The Kier molecular flexibility index (Phi) is 7.29. The first-order valence-corrected chi connectivity index (χ1v) is 20.3. The largest absolute Gasteiger partial charge is 0.455 e. The lowest BCUT2D eigenvalue weighted by Crippen LogP contribution is -2.15. The van der Waals surface area contributed by atoms with Crippen LogP contribution in [-0.4, -0.2) is 9.55 Å². The molecule has 0 unspecified atom stereocenters. The summed E-state index contributed by atoms with van der Waals surface area (Å²) in [5.41, 5.74) is 16.6. The highest BCUT2D eigenvalue weighted by atomic mass is 16.3. The first-order valence-electron chi connectivity index (χ1n) is 20.3. The van der Waals surface area contributed by atoms with Crippen molar-refractivity contribution in [3.8, 4) is 39.3 Å². The van der Waals surface area contributed by atoms with E-state index >= 15 is 0 Å². The van der Waals surface area contributed by atoms with Crippen molar-refractivity contribution in [3.05, 3.63) is 168 Å². The molecular formula is C54H44N2O. The molecule has 0 fully saturated rings. The van der Waals surface area contributed by atoms with Crippen LogP contribution in [0.15, 0.2) is 150 Å². The Hall–Kier alpha value is -6.45. The molecule has 0 N–H and O–H groups in total. The molecule has 0 amide bonds. The van der Waals surface area contributed by atoms with Gasteiger partial charge in [-0.15, -0.1) is 0 Å². The fourth-order valence-electron chi connectivity index (χ4n) is 9.78. The molecule has 3 heteroatoms. The highest BCUT2D eigenvalue weighted by molar-refractivity contribution is 6.17. The Morgan fingerprint density at radius 2 is 1.21 bits per heavy atom. The van der Waals surface area contributed by atoms with E-state index in [0.717, 1.165) is 44.4 Å². The van der Waals surface area contributed by atoms with E-state index in [9.17, 15) is 0 Å². The normalized spacial score (nSPS) is 13.5. The predicted octanol–water partition coefficient (Wildman–Crippen LogP) is 15.1. The van der Waals surface area contributed by atoms with Crippen LogP contribution in [0.25, 0.3) is 93.8 Å². The molecule has 1 aliphatic rings. The van der Waals surface area contributed by atoms with Crippen molar-refractivity contribution in [3.63, 3.8) is 0 Å². The second-order valence-corrected chi connectivity index (χ2v) is 17.1. The van der Waals surface area contributed by atoms with Crippen molar-refractivity contribution in [2.24, 2.45) is 0 Å². The Morgan fingerprint density at radius 1 is 0.526 bits per heavy atom. The maximum absolute atomic E-state index is 6.94. The number of nitrogens with zero attached hydrogens (tertiary/aromatic N) is 2. The number of hydrogen-bond acceptors (Lipinski definition) is 2. The molecule has 3 nitrogen and oxygen atoms in total. The molecule has 0 saturated heterocycles. The van der Waals surface area contributed by atoms with E-state index in [2.05, 4.69) is 192 Å². The van der Waals surface area contributed by atoms with Crippen molar-refractivity contribution in [2.45, 2.75) is 58.8 Å². The molecule has 276 valence electrons. The zero-order chi connectivity index (χ0) is 38.7. The van der Waals surface area contributed by atoms with Gasteiger partial charge in [-0.25, -0.2) is 4.98 Å². The molecule has 0 aliphatic heterocycles. The molecule has 0 bridgehead atoms. The molecule has 0 saturated carbocycles. The number of imidazole rings is 1. The number of fused-ring (bicyclic) bond motifs is 10. The molecule has 11 rings (SSSR count). The molecular weight excluding hydrogens is 693 g/mol. The highest BCUT2D eigenvalue weighted by Crippen LogP contribution is 2.50. The predicted molar refractivity (Wildman–Crippen MR) is 240 cm³/mol. The first kappa shape index (κ1) is 33.9. The number of aromatic nitrogens is 2. The van der Waals surface area contributed by atoms with E-state index in [4.69, 9.17) is 9.40 Å². The van der Waals surface area contributed by atoms with Gasteiger partial charge in [-0.1, -0.05) is 139 Å². The lowest BCUT2D eigenvalue weighted by molar-refractivity contribution is 0.660. The van der Waals surface area contributed by atoms with Crippen LogP contribution in [0.3, 0.4) is 0 Å². The van der Waals surface area contributed by atoms with Crippen LogP contribution in [0.4, 0.5) is 0 Å². The Bertz CT molecular complexity index is 3250.